The first-order valence-electron chi connectivity index (χ1n) is 4.85. The molecule has 0 aromatic carbocycles. The lowest BCUT2D eigenvalue weighted by Gasteiger charge is -2.37. The van der Waals surface area contributed by atoms with Gasteiger partial charge in [0.25, 0.3) is 0 Å². The fourth-order valence-electron chi connectivity index (χ4n) is 0.887. The lowest BCUT2D eigenvalue weighted by Crippen LogP contribution is -2.49. The van der Waals surface area contributed by atoms with Gasteiger partial charge in [-0.1, -0.05) is 6.92 Å². The minimum atomic E-state index is -0.0550. The first kappa shape index (κ1) is 12.3. The topological polar surface area (TPSA) is 23.6 Å². The van der Waals surface area contributed by atoms with Gasteiger partial charge in [-0.05, 0) is 27.2 Å². The summed E-state index contributed by atoms with van der Waals surface area (Å²) in [6, 6.07) is 0.0920. The Balaban J connectivity index is 4.42. The molecule has 3 nitrogen and oxygen atoms in total. The number of rotatable bonds is 3. The van der Waals surface area contributed by atoms with E-state index in [1.54, 1.807) is 9.80 Å². The van der Waals surface area contributed by atoms with E-state index in [-0.39, 0.29) is 11.6 Å². The Morgan fingerprint density at radius 1 is 1.23 bits per heavy atom. The van der Waals surface area contributed by atoms with Crippen LogP contribution >= 0.6 is 0 Å². The van der Waals surface area contributed by atoms with Crippen molar-refractivity contribution in [1.82, 2.24) is 9.80 Å². The van der Waals surface area contributed by atoms with Crippen LogP contribution in [0.4, 0.5) is 4.79 Å². The Hall–Kier alpha value is -0.730. The van der Waals surface area contributed by atoms with Crippen molar-refractivity contribution in [2.24, 2.45) is 0 Å². The molecule has 0 heterocycles. The van der Waals surface area contributed by atoms with Crippen molar-refractivity contribution in [2.75, 3.05) is 20.6 Å². The molecule has 0 aromatic rings. The van der Waals surface area contributed by atoms with Crippen LogP contribution in [-0.2, 0) is 0 Å². The third kappa shape index (κ3) is 2.90. The van der Waals surface area contributed by atoms with E-state index in [1.807, 2.05) is 21.0 Å². The van der Waals surface area contributed by atoms with E-state index in [1.165, 1.54) is 0 Å². The fraction of sp³-hybridized carbons (Fsp3) is 0.900. The maximum Gasteiger partial charge on any atom is 0.319 e. The molecule has 0 bridgehead atoms. The van der Waals surface area contributed by atoms with Gasteiger partial charge in [0.05, 0.1) is 0 Å². The lowest BCUT2D eigenvalue weighted by atomic mass is 10.0. The van der Waals surface area contributed by atoms with E-state index in [9.17, 15) is 4.79 Å². The van der Waals surface area contributed by atoms with E-state index in [4.69, 9.17) is 0 Å². The average Bonchev–Trinajstić information content (AvgIpc) is 2.14. The SMILES string of the molecule is CCN(C)C(=O)N(C)C(C)(C)CC. The largest absolute Gasteiger partial charge is 0.328 e. The summed E-state index contributed by atoms with van der Waals surface area (Å²) in [6.07, 6.45) is 0.965. The molecule has 0 radical (unpaired) electrons. The molecule has 2 amide bonds. The highest BCUT2D eigenvalue weighted by atomic mass is 16.2. The molecule has 78 valence electrons. The van der Waals surface area contributed by atoms with Crippen LogP contribution in [0.3, 0.4) is 0 Å². The molecular weight excluding hydrogens is 164 g/mol. The first-order chi connectivity index (χ1) is 5.86. The molecule has 0 spiro atoms. The van der Waals surface area contributed by atoms with Crippen molar-refractivity contribution < 1.29 is 4.79 Å². The van der Waals surface area contributed by atoms with Crippen molar-refractivity contribution in [3.63, 3.8) is 0 Å². The molecule has 0 aliphatic heterocycles. The molecule has 0 N–H and O–H groups in total. The highest BCUT2D eigenvalue weighted by Gasteiger charge is 2.26. The zero-order chi connectivity index (χ0) is 10.6. The Kier molecular flexibility index (Phi) is 4.24. The molecule has 0 saturated heterocycles. The smallest absolute Gasteiger partial charge is 0.319 e. The number of carbonyl (C=O) groups excluding carboxylic acids is 1. The molecule has 0 atom stereocenters. The molecule has 0 rings (SSSR count). The summed E-state index contributed by atoms with van der Waals surface area (Å²) in [6.45, 7) is 8.98. The highest BCUT2D eigenvalue weighted by Crippen LogP contribution is 2.17. The Labute approximate surface area is 81.7 Å². The molecule has 0 fully saturated rings. The van der Waals surface area contributed by atoms with Gasteiger partial charge in [-0.25, -0.2) is 4.79 Å². The summed E-state index contributed by atoms with van der Waals surface area (Å²) in [5, 5.41) is 0. The van der Waals surface area contributed by atoms with Gasteiger partial charge < -0.3 is 9.80 Å². The number of nitrogens with zero attached hydrogens (tertiary/aromatic N) is 2. The van der Waals surface area contributed by atoms with Crippen LogP contribution < -0.4 is 0 Å². The fourth-order valence-corrected chi connectivity index (χ4v) is 0.887. The summed E-state index contributed by atoms with van der Waals surface area (Å²) in [5.41, 5.74) is -0.0550. The van der Waals surface area contributed by atoms with Crippen molar-refractivity contribution >= 4 is 6.03 Å². The molecular formula is C10H22N2O. The van der Waals surface area contributed by atoms with Crippen LogP contribution in [0.15, 0.2) is 0 Å². The Bertz CT molecular complexity index is 178. The van der Waals surface area contributed by atoms with Crippen LogP contribution in [-0.4, -0.2) is 42.0 Å². The summed E-state index contributed by atoms with van der Waals surface area (Å²) in [4.78, 5) is 15.3. The molecule has 3 heteroatoms. The minimum absolute atomic E-state index is 0.0550. The zero-order valence-electron chi connectivity index (χ0n) is 9.72. The van der Waals surface area contributed by atoms with Gasteiger partial charge in [0, 0.05) is 26.2 Å². The number of hydrogen-bond donors (Lipinski definition) is 0. The van der Waals surface area contributed by atoms with Crippen LogP contribution in [0.5, 0.6) is 0 Å². The predicted molar refractivity (Wildman–Crippen MR) is 55.8 cm³/mol. The van der Waals surface area contributed by atoms with Crippen LogP contribution in [0.25, 0.3) is 0 Å². The van der Waals surface area contributed by atoms with E-state index in [0.717, 1.165) is 13.0 Å². The summed E-state index contributed by atoms with van der Waals surface area (Å²) in [7, 11) is 3.68. The summed E-state index contributed by atoms with van der Waals surface area (Å²) < 4.78 is 0. The quantitative estimate of drug-likeness (QED) is 0.662. The van der Waals surface area contributed by atoms with Gasteiger partial charge in [0.2, 0.25) is 0 Å². The number of carbonyl (C=O) groups is 1. The minimum Gasteiger partial charge on any atom is -0.328 e. The second kappa shape index (κ2) is 4.49. The van der Waals surface area contributed by atoms with E-state index < -0.39 is 0 Å². The molecule has 0 aliphatic rings. The number of urea groups is 1. The summed E-state index contributed by atoms with van der Waals surface area (Å²) in [5.74, 6) is 0. The highest BCUT2D eigenvalue weighted by molar-refractivity contribution is 5.74. The molecule has 0 aliphatic carbocycles. The Morgan fingerprint density at radius 3 is 2.00 bits per heavy atom. The van der Waals surface area contributed by atoms with Gasteiger partial charge in [-0.15, -0.1) is 0 Å². The van der Waals surface area contributed by atoms with Crippen LogP contribution in [0.2, 0.25) is 0 Å². The van der Waals surface area contributed by atoms with E-state index in [2.05, 4.69) is 20.8 Å². The van der Waals surface area contributed by atoms with Crippen LogP contribution in [0.1, 0.15) is 34.1 Å². The monoisotopic (exact) mass is 186 g/mol. The Morgan fingerprint density at radius 2 is 1.69 bits per heavy atom. The number of amides is 2. The third-order valence-electron chi connectivity index (χ3n) is 2.86. The molecule has 0 saturated carbocycles. The van der Waals surface area contributed by atoms with Crippen LogP contribution in [0, 0.1) is 0 Å². The van der Waals surface area contributed by atoms with Gasteiger partial charge in [0.15, 0.2) is 0 Å². The molecule has 0 aromatic heterocycles. The van der Waals surface area contributed by atoms with Crippen molar-refractivity contribution in [3.8, 4) is 0 Å². The first-order valence-corrected chi connectivity index (χ1v) is 4.85. The van der Waals surface area contributed by atoms with Gasteiger partial charge in [-0.2, -0.15) is 0 Å². The van der Waals surface area contributed by atoms with Crippen molar-refractivity contribution in [3.05, 3.63) is 0 Å². The van der Waals surface area contributed by atoms with E-state index in [0.29, 0.717) is 0 Å². The molecule has 13 heavy (non-hydrogen) atoms. The standard InChI is InChI=1S/C10H22N2O/c1-7-10(3,4)12(6)9(13)11(5)8-2/h7-8H2,1-6H3. The normalized spacial score (nSPS) is 11.2. The second-order valence-electron chi connectivity index (χ2n) is 4.02. The van der Waals surface area contributed by atoms with Gasteiger partial charge >= 0.3 is 6.03 Å². The maximum absolute atomic E-state index is 11.7. The summed E-state index contributed by atoms with van der Waals surface area (Å²) >= 11 is 0. The van der Waals surface area contributed by atoms with Crippen molar-refractivity contribution in [2.45, 2.75) is 39.7 Å². The van der Waals surface area contributed by atoms with Gasteiger partial charge in [-0.3, -0.25) is 0 Å². The van der Waals surface area contributed by atoms with E-state index >= 15 is 0 Å². The zero-order valence-corrected chi connectivity index (χ0v) is 9.72. The molecule has 0 unspecified atom stereocenters. The number of hydrogen-bond acceptors (Lipinski definition) is 1. The van der Waals surface area contributed by atoms with Crippen molar-refractivity contribution in [1.29, 1.82) is 0 Å². The van der Waals surface area contributed by atoms with Gasteiger partial charge in [0.1, 0.15) is 0 Å². The predicted octanol–water partition coefficient (Wildman–Crippen LogP) is 2.18. The second-order valence-corrected chi connectivity index (χ2v) is 4.02. The average molecular weight is 186 g/mol. The lowest BCUT2D eigenvalue weighted by molar-refractivity contribution is 0.126. The third-order valence-corrected chi connectivity index (χ3v) is 2.86. The maximum atomic E-state index is 11.7.